The summed E-state index contributed by atoms with van der Waals surface area (Å²) in [5, 5.41) is 3.01. The van der Waals surface area contributed by atoms with Gasteiger partial charge in [0.1, 0.15) is 0 Å². The number of carbonyl (C=O) groups excluding carboxylic acids is 1. The number of hydrogen-bond acceptors (Lipinski definition) is 3. The molecule has 0 aromatic heterocycles. The van der Waals surface area contributed by atoms with Gasteiger partial charge < -0.3 is 15.0 Å². The summed E-state index contributed by atoms with van der Waals surface area (Å²) in [6, 6.07) is 0.224. The molecule has 1 N–H and O–H groups in total. The maximum absolute atomic E-state index is 11.6. The first-order chi connectivity index (χ1) is 7.66. The Bertz CT molecular complexity index is 251. The Labute approximate surface area is 97.3 Å². The molecule has 4 heteroatoms. The molecule has 2 saturated heterocycles. The first kappa shape index (κ1) is 11.9. The van der Waals surface area contributed by atoms with E-state index in [1.54, 1.807) is 0 Å². The van der Waals surface area contributed by atoms with Crippen molar-refractivity contribution < 1.29 is 9.53 Å². The van der Waals surface area contributed by atoms with Crippen LogP contribution in [0.1, 0.15) is 33.1 Å². The van der Waals surface area contributed by atoms with Gasteiger partial charge >= 0.3 is 0 Å². The highest BCUT2D eigenvalue weighted by molar-refractivity contribution is 5.83. The van der Waals surface area contributed by atoms with E-state index in [4.69, 9.17) is 4.74 Å². The highest BCUT2D eigenvalue weighted by Gasteiger charge is 2.41. The number of carbonyl (C=O) groups is 1. The number of rotatable bonds is 4. The van der Waals surface area contributed by atoms with E-state index in [0.717, 1.165) is 6.54 Å². The molecular formula is C12H22N2O2. The number of piperidine rings is 1. The molecule has 0 saturated carbocycles. The van der Waals surface area contributed by atoms with E-state index in [0.29, 0.717) is 0 Å². The van der Waals surface area contributed by atoms with Crippen molar-refractivity contribution >= 4 is 5.91 Å². The molecule has 1 amide bonds. The van der Waals surface area contributed by atoms with Gasteiger partial charge in [-0.15, -0.1) is 0 Å². The molecular weight excluding hydrogens is 204 g/mol. The van der Waals surface area contributed by atoms with Gasteiger partial charge in [-0.1, -0.05) is 6.42 Å². The van der Waals surface area contributed by atoms with Gasteiger partial charge in [-0.25, -0.2) is 0 Å². The second-order valence-electron chi connectivity index (χ2n) is 5.03. The minimum Gasteiger partial charge on any atom is -0.359 e. The van der Waals surface area contributed by atoms with Crippen molar-refractivity contribution in [2.24, 2.45) is 0 Å². The maximum Gasteiger partial charge on any atom is 0.252 e. The van der Waals surface area contributed by atoms with Gasteiger partial charge in [-0.2, -0.15) is 0 Å². The van der Waals surface area contributed by atoms with E-state index < -0.39 is 0 Å². The number of hydrogen-bond donors (Lipinski definition) is 1. The molecule has 1 unspecified atom stereocenters. The fourth-order valence-corrected chi connectivity index (χ4v) is 2.36. The van der Waals surface area contributed by atoms with Crippen LogP contribution in [0.4, 0.5) is 0 Å². The maximum atomic E-state index is 11.6. The Kier molecular flexibility index (Phi) is 3.82. The lowest BCUT2D eigenvalue weighted by Gasteiger charge is -2.29. The van der Waals surface area contributed by atoms with Crippen LogP contribution < -0.4 is 5.32 Å². The lowest BCUT2D eigenvalue weighted by Crippen LogP contribution is -2.45. The molecule has 4 nitrogen and oxygen atoms in total. The summed E-state index contributed by atoms with van der Waals surface area (Å²) in [6.45, 7) is 7.32. The van der Waals surface area contributed by atoms with Crippen molar-refractivity contribution in [2.75, 3.05) is 19.6 Å². The van der Waals surface area contributed by atoms with Crippen molar-refractivity contribution in [1.82, 2.24) is 10.2 Å². The lowest BCUT2D eigenvalue weighted by atomic mass is 10.1. The topological polar surface area (TPSA) is 44.9 Å². The molecule has 2 heterocycles. The van der Waals surface area contributed by atoms with E-state index >= 15 is 0 Å². The van der Waals surface area contributed by atoms with Gasteiger partial charge in [0.25, 0.3) is 5.91 Å². The summed E-state index contributed by atoms with van der Waals surface area (Å²) in [6.07, 6.45) is 3.86. The fourth-order valence-electron chi connectivity index (χ4n) is 2.36. The van der Waals surface area contributed by atoms with Crippen molar-refractivity contribution in [3.05, 3.63) is 0 Å². The molecule has 2 rings (SSSR count). The van der Waals surface area contributed by atoms with Gasteiger partial charge in [-0.05, 0) is 39.8 Å². The third kappa shape index (κ3) is 3.19. The van der Waals surface area contributed by atoms with Crippen LogP contribution in [-0.4, -0.2) is 48.7 Å². The van der Waals surface area contributed by atoms with Crippen LogP contribution in [0, 0.1) is 0 Å². The Balaban J connectivity index is 1.66. The van der Waals surface area contributed by atoms with Gasteiger partial charge in [0.05, 0.1) is 6.10 Å². The molecule has 16 heavy (non-hydrogen) atoms. The van der Waals surface area contributed by atoms with Crippen LogP contribution in [0.25, 0.3) is 0 Å². The Morgan fingerprint density at radius 2 is 2.06 bits per heavy atom. The summed E-state index contributed by atoms with van der Waals surface area (Å²) in [4.78, 5) is 14.0. The molecule has 2 aliphatic heterocycles. The fraction of sp³-hybridized carbons (Fsp3) is 0.917. The molecule has 0 bridgehead atoms. The van der Waals surface area contributed by atoms with Gasteiger partial charge in [-0.3, -0.25) is 4.79 Å². The highest BCUT2D eigenvalue weighted by Crippen LogP contribution is 2.20. The number of nitrogens with one attached hydrogen (secondary N) is 1. The van der Waals surface area contributed by atoms with E-state index in [1.807, 2.05) is 6.92 Å². The predicted octanol–water partition coefficient (Wildman–Crippen LogP) is 0.764. The summed E-state index contributed by atoms with van der Waals surface area (Å²) >= 11 is 0. The molecule has 0 aliphatic carbocycles. The summed E-state index contributed by atoms with van der Waals surface area (Å²) in [7, 11) is 0. The summed E-state index contributed by atoms with van der Waals surface area (Å²) < 4.78 is 5.14. The van der Waals surface area contributed by atoms with Crippen LogP contribution in [0.3, 0.4) is 0 Å². The van der Waals surface area contributed by atoms with Crippen molar-refractivity contribution in [3.8, 4) is 0 Å². The second kappa shape index (κ2) is 5.15. The van der Waals surface area contributed by atoms with Gasteiger partial charge in [0, 0.05) is 12.6 Å². The van der Waals surface area contributed by atoms with E-state index in [1.165, 1.54) is 32.4 Å². The molecule has 92 valence electrons. The molecule has 0 aromatic rings. The number of likely N-dealkylation sites (tertiary alicyclic amines) is 1. The number of amides is 1. The van der Waals surface area contributed by atoms with Crippen molar-refractivity contribution in [1.29, 1.82) is 0 Å². The van der Waals surface area contributed by atoms with Crippen LogP contribution in [-0.2, 0) is 9.53 Å². The molecule has 2 aliphatic rings. The third-order valence-corrected chi connectivity index (χ3v) is 3.34. The van der Waals surface area contributed by atoms with Crippen LogP contribution in [0.5, 0.6) is 0 Å². The number of nitrogens with zero attached hydrogens (tertiary/aromatic N) is 1. The smallest absolute Gasteiger partial charge is 0.252 e. The normalized spacial score (nSPS) is 32.1. The minimum absolute atomic E-state index is 0.0528. The SMILES string of the molecule is CC(CN1CCCCC1)NC(=O)[C@H]1O[C@@H]1C. The van der Waals surface area contributed by atoms with Crippen LogP contribution >= 0.6 is 0 Å². The molecule has 0 spiro atoms. The quantitative estimate of drug-likeness (QED) is 0.720. The molecule has 0 aromatic carbocycles. The zero-order valence-corrected chi connectivity index (χ0v) is 10.2. The molecule has 3 atom stereocenters. The summed E-state index contributed by atoms with van der Waals surface area (Å²) in [5.41, 5.74) is 0. The van der Waals surface area contributed by atoms with E-state index in [9.17, 15) is 4.79 Å². The highest BCUT2D eigenvalue weighted by atomic mass is 16.6. The molecule has 2 fully saturated rings. The van der Waals surface area contributed by atoms with Crippen molar-refractivity contribution in [3.63, 3.8) is 0 Å². The number of epoxide rings is 1. The monoisotopic (exact) mass is 226 g/mol. The van der Waals surface area contributed by atoms with Crippen molar-refractivity contribution in [2.45, 2.75) is 51.4 Å². The Hall–Kier alpha value is -0.610. The minimum atomic E-state index is -0.191. The van der Waals surface area contributed by atoms with E-state index in [2.05, 4.69) is 17.1 Å². The van der Waals surface area contributed by atoms with Crippen LogP contribution in [0.2, 0.25) is 0 Å². The first-order valence-corrected chi connectivity index (χ1v) is 6.35. The standard InChI is InChI=1S/C12H22N2O2/c1-9(8-14-6-4-3-5-7-14)13-12(15)11-10(2)16-11/h9-11H,3-8H2,1-2H3,(H,13,15)/t9?,10-,11+/m1/s1. The predicted molar refractivity (Wildman–Crippen MR) is 62.2 cm³/mol. The average Bonchev–Trinajstić information content (AvgIpc) is 2.97. The van der Waals surface area contributed by atoms with Gasteiger partial charge in [0.15, 0.2) is 6.10 Å². The lowest BCUT2D eigenvalue weighted by molar-refractivity contribution is -0.123. The largest absolute Gasteiger partial charge is 0.359 e. The Morgan fingerprint density at radius 1 is 1.44 bits per heavy atom. The van der Waals surface area contributed by atoms with Crippen LogP contribution in [0.15, 0.2) is 0 Å². The van der Waals surface area contributed by atoms with Gasteiger partial charge in [0.2, 0.25) is 0 Å². The third-order valence-electron chi connectivity index (χ3n) is 3.34. The first-order valence-electron chi connectivity index (χ1n) is 6.35. The molecule has 0 radical (unpaired) electrons. The number of ether oxygens (including phenoxy) is 1. The average molecular weight is 226 g/mol. The van der Waals surface area contributed by atoms with E-state index in [-0.39, 0.29) is 24.2 Å². The Morgan fingerprint density at radius 3 is 2.62 bits per heavy atom. The zero-order chi connectivity index (χ0) is 11.5. The summed E-state index contributed by atoms with van der Waals surface area (Å²) in [5.74, 6) is 0.0528. The second-order valence-corrected chi connectivity index (χ2v) is 5.03. The zero-order valence-electron chi connectivity index (χ0n) is 10.2.